The number of unbranched alkanes of at least 4 members (excludes halogenated alkanes) is 2. The van der Waals surface area contributed by atoms with Gasteiger partial charge < -0.3 is 15.1 Å². The molecule has 1 aromatic rings. The van der Waals surface area contributed by atoms with E-state index in [4.69, 9.17) is 0 Å². The number of rotatable bonds is 9. The van der Waals surface area contributed by atoms with Crippen molar-refractivity contribution >= 4 is 0 Å². The van der Waals surface area contributed by atoms with Gasteiger partial charge in [-0.25, -0.2) is 0 Å². The maximum atomic E-state index is 10.6. The third-order valence-corrected chi connectivity index (χ3v) is 5.23. The van der Waals surface area contributed by atoms with Crippen LogP contribution < -0.4 is 0 Å². The van der Waals surface area contributed by atoms with E-state index in [-0.39, 0.29) is 29.9 Å². The molecule has 0 unspecified atom stereocenters. The second-order valence-corrected chi connectivity index (χ2v) is 7.44. The molecule has 27 heavy (non-hydrogen) atoms. The maximum Gasteiger partial charge on any atom is 0.294 e. The van der Waals surface area contributed by atoms with Gasteiger partial charge in [0.2, 0.25) is 0 Å². The monoisotopic (exact) mass is 375 g/mol. The van der Waals surface area contributed by atoms with E-state index in [1.807, 2.05) is 6.92 Å². The number of aryl methyl sites for hydroxylation is 1. The Balaban J connectivity index is 2.19. The van der Waals surface area contributed by atoms with E-state index < -0.39 is 5.09 Å². The minimum atomic E-state index is -0.777. The Labute approximate surface area is 160 Å². The van der Waals surface area contributed by atoms with Crippen LogP contribution in [0, 0.1) is 16.0 Å². The number of benzene rings is 1. The normalized spacial score (nSPS) is 19.4. The highest BCUT2D eigenvalue weighted by Gasteiger charge is 2.29. The first-order valence-electron chi connectivity index (χ1n) is 9.44. The van der Waals surface area contributed by atoms with Crippen LogP contribution in [0.5, 0.6) is 11.5 Å². The highest BCUT2D eigenvalue weighted by Crippen LogP contribution is 2.45. The number of aromatic hydroxyl groups is 2. The first kappa shape index (κ1) is 20.8. The third kappa shape index (κ3) is 5.74. The van der Waals surface area contributed by atoms with Crippen LogP contribution in [0.25, 0.3) is 0 Å². The standard InChI is InChI=1S/C21H29NO5/c1-14(2)18-9-8-15(3)11-19(18)21-16(12-17(23)13-20(21)24)7-5-4-6-10-27-22(25)26/h11-13,18-19,23-24H,1,4-10H2,2-3H3/t18-,19+/m1/s1. The fourth-order valence-electron chi connectivity index (χ4n) is 3.91. The van der Waals surface area contributed by atoms with Gasteiger partial charge in [-0.15, -0.1) is 10.1 Å². The Morgan fingerprint density at radius 2 is 2.07 bits per heavy atom. The van der Waals surface area contributed by atoms with E-state index in [1.165, 1.54) is 11.6 Å². The average molecular weight is 375 g/mol. The maximum absolute atomic E-state index is 10.6. The summed E-state index contributed by atoms with van der Waals surface area (Å²) in [4.78, 5) is 14.5. The largest absolute Gasteiger partial charge is 0.508 e. The molecular weight excluding hydrogens is 346 g/mol. The summed E-state index contributed by atoms with van der Waals surface area (Å²) in [6.07, 6.45) is 7.08. The van der Waals surface area contributed by atoms with Crippen molar-refractivity contribution in [1.82, 2.24) is 0 Å². The lowest BCUT2D eigenvalue weighted by atomic mass is 9.72. The molecule has 0 bridgehead atoms. The molecule has 0 spiro atoms. The van der Waals surface area contributed by atoms with Crippen molar-refractivity contribution < 1.29 is 20.1 Å². The van der Waals surface area contributed by atoms with E-state index in [9.17, 15) is 20.3 Å². The predicted octanol–water partition coefficient (Wildman–Crippen LogP) is 5.03. The van der Waals surface area contributed by atoms with Gasteiger partial charge in [-0.3, -0.25) is 0 Å². The topological polar surface area (TPSA) is 92.8 Å². The predicted molar refractivity (Wildman–Crippen MR) is 104 cm³/mol. The van der Waals surface area contributed by atoms with Crippen LogP contribution in [0.1, 0.15) is 63.0 Å². The van der Waals surface area contributed by atoms with Crippen LogP contribution in [0.4, 0.5) is 0 Å². The average Bonchev–Trinajstić information content (AvgIpc) is 2.56. The molecule has 0 saturated carbocycles. The Morgan fingerprint density at radius 1 is 1.33 bits per heavy atom. The van der Waals surface area contributed by atoms with Gasteiger partial charge >= 0.3 is 0 Å². The van der Waals surface area contributed by atoms with Gasteiger partial charge in [-0.1, -0.05) is 30.2 Å². The molecule has 0 amide bonds. The molecular formula is C21H29NO5. The van der Waals surface area contributed by atoms with E-state index in [0.29, 0.717) is 12.8 Å². The number of nitrogens with zero attached hydrogens (tertiary/aromatic N) is 1. The highest BCUT2D eigenvalue weighted by molar-refractivity contribution is 5.50. The zero-order valence-corrected chi connectivity index (χ0v) is 16.1. The summed E-state index contributed by atoms with van der Waals surface area (Å²) in [6, 6.07) is 3.12. The Kier molecular flexibility index (Phi) is 7.28. The third-order valence-electron chi connectivity index (χ3n) is 5.23. The summed E-state index contributed by atoms with van der Waals surface area (Å²) >= 11 is 0. The van der Waals surface area contributed by atoms with E-state index >= 15 is 0 Å². The van der Waals surface area contributed by atoms with Crippen LogP contribution in [0.15, 0.2) is 35.9 Å². The van der Waals surface area contributed by atoms with Crippen molar-refractivity contribution in [3.8, 4) is 11.5 Å². The molecule has 1 aromatic carbocycles. The summed E-state index contributed by atoms with van der Waals surface area (Å²) < 4.78 is 0. The summed E-state index contributed by atoms with van der Waals surface area (Å²) in [5, 5.41) is 30.0. The van der Waals surface area contributed by atoms with Crippen molar-refractivity contribution in [1.29, 1.82) is 0 Å². The molecule has 0 aliphatic heterocycles. The van der Waals surface area contributed by atoms with Crippen molar-refractivity contribution in [2.75, 3.05) is 6.61 Å². The zero-order chi connectivity index (χ0) is 20.0. The van der Waals surface area contributed by atoms with Crippen molar-refractivity contribution in [2.45, 2.75) is 58.3 Å². The minimum Gasteiger partial charge on any atom is -0.508 e. The van der Waals surface area contributed by atoms with Crippen LogP contribution in [0.2, 0.25) is 0 Å². The van der Waals surface area contributed by atoms with Gasteiger partial charge in [0.15, 0.2) is 0 Å². The summed E-state index contributed by atoms with van der Waals surface area (Å²) in [6.45, 7) is 8.36. The fourth-order valence-corrected chi connectivity index (χ4v) is 3.91. The molecule has 6 nitrogen and oxygen atoms in total. The van der Waals surface area contributed by atoms with Gasteiger partial charge in [-0.2, -0.15) is 0 Å². The van der Waals surface area contributed by atoms with E-state index in [1.54, 1.807) is 6.07 Å². The van der Waals surface area contributed by atoms with Gasteiger partial charge in [0.05, 0.1) is 6.61 Å². The fraction of sp³-hybridized carbons (Fsp3) is 0.524. The molecule has 2 atom stereocenters. The lowest BCUT2D eigenvalue weighted by Crippen LogP contribution is -2.18. The van der Waals surface area contributed by atoms with Gasteiger partial charge in [-0.05, 0) is 63.5 Å². The molecule has 0 saturated heterocycles. The van der Waals surface area contributed by atoms with Crippen molar-refractivity contribution in [3.05, 3.63) is 57.2 Å². The summed E-state index contributed by atoms with van der Waals surface area (Å²) in [5.41, 5.74) is 4.18. The first-order valence-corrected chi connectivity index (χ1v) is 9.44. The SMILES string of the molecule is C=C(C)[C@H]1CCC(C)=C[C@@H]1c1c(O)cc(O)cc1CCCCCO[N+](=O)[O-]. The molecule has 0 fully saturated rings. The number of allylic oxidation sites excluding steroid dienone is 3. The van der Waals surface area contributed by atoms with Gasteiger partial charge in [0.25, 0.3) is 5.09 Å². The zero-order valence-electron chi connectivity index (χ0n) is 16.1. The number of hydrogen-bond acceptors (Lipinski definition) is 5. The van der Waals surface area contributed by atoms with Crippen LogP contribution in [-0.2, 0) is 11.3 Å². The molecule has 1 aliphatic rings. The smallest absolute Gasteiger partial charge is 0.294 e. The molecule has 0 heterocycles. The molecule has 2 N–H and O–H groups in total. The van der Waals surface area contributed by atoms with Crippen LogP contribution >= 0.6 is 0 Å². The Bertz CT molecular complexity index is 726. The number of phenolic OH excluding ortho intramolecular Hbond substituents is 2. The lowest BCUT2D eigenvalue weighted by molar-refractivity contribution is -0.757. The number of hydrogen-bond donors (Lipinski definition) is 2. The Hall–Kier alpha value is -2.50. The second-order valence-electron chi connectivity index (χ2n) is 7.44. The molecule has 1 aliphatic carbocycles. The molecule has 0 radical (unpaired) electrons. The Morgan fingerprint density at radius 3 is 2.74 bits per heavy atom. The van der Waals surface area contributed by atoms with Gasteiger partial charge in [0, 0.05) is 17.5 Å². The molecule has 6 heteroatoms. The van der Waals surface area contributed by atoms with E-state index in [2.05, 4.69) is 24.4 Å². The number of phenols is 2. The van der Waals surface area contributed by atoms with E-state index in [0.717, 1.165) is 42.4 Å². The quantitative estimate of drug-likeness (QED) is 0.273. The van der Waals surface area contributed by atoms with Crippen LogP contribution in [0.3, 0.4) is 0 Å². The second kappa shape index (κ2) is 9.44. The molecule has 2 rings (SSSR count). The van der Waals surface area contributed by atoms with Crippen molar-refractivity contribution in [3.63, 3.8) is 0 Å². The summed E-state index contributed by atoms with van der Waals surface area (Å²) in [5.74, 6) is 0.469. The first-order chi connectivity index (χ1) is 12.8. The van der Waals surface area contributed by atoms with Gasteiger partial charge in [0.1, 0.15) is 11.5 Å². The highest BCUT2D eigenvalue weighted by atomic mass is 16.9. The van der Waals surface area contributed by atoms with Crippen molar-refractivity contribution in [2.24, 2.45) is 5.92 Å². The lowest BCUT2D eigenvalue weighted by Gasteiger charge is -2.32. The van der Waals surface area contributed by atoms with Crippen LogP contribution in [-0.4, -0.2) is 21.9 Å². The minimum absolute atomic E-state index is 0.0460. The summed E-state index contributed by atoms with van der Waals surface area (Å²) in [7, 11) is 0. The molecule has 148 valence electrons. The molecule has 0 aromatic heterocycles.